The Morgan fingerprint density at radius 2 is 1.93 bits per heavy atom. The van der Waals surface area contributed by atoms with E-state index in [9.17, 15) is 13.2 Å². The molecule has 0 aromatic heterocycles. The summed E-state index contributed by atoms with van der Waals surface area (Å²) in [4.78, 5) is 14.8. The average Bonchev–Trinajstić information content (AvgIpc) is 3.14. The van der Waals surface area contributed by atoms with Crippen molar-refractivity contribution >= 4 is 27.5 Å². The number of nitrogens with one attached hydrogen (secondary N) is 1. The van der Waals surface area contributed by atoms with Gasteiger partial charge in [-0.15, -0.1) is 0 Å². The van der Waals surface area contributed by atoms with Crippen LogP contribution in [-0.4, -0.2) is 38.4 Å². The number of nitrogens with zero attached hydrogens (tertiary/aromatic N) is 1. The quantitative estimate of drug-likeness (QED) is 0.719. The van der Waals surface area contributed by atoms with Crippen LogP contribution < -0.4 is 4.72 Å². The molecule has 3 rings (SSSR count). The van der Waals surface area contributed by atoms with E-state index in [2.05, 4.69) is 4.72 Å². The summed E-state index contributed by atoms with van der Waals surface area (Å²) in [7, 11) is -3.62. The van der Waals surface area contributed by atoms with Crippen LogP contribution >= 0.6 is 11.6 Å². The van der Waals surface area contributed by atoms with Crippen molar-refractivity contribution in [2.24, 2.45) is 0 Å². The zero-order chi connectivity index (χ0) is 21.0. The predicted molar refractivity (Wildman–Crippen MR) is 116 cm³/mol. The zero-order valence-electron chi connectivity index (χ0n) is 16.8. The van der Waals surface area contributed by atoms with Gasteiger partial charge in [-0.2, -0.15) is 0 Å². The summed E-state index contributed by atoms with van der Waals surface area (Å²) >= 11 is 6.26. The van der Waals surface area contributed by atoms with E-state index in [4.69, 9.17) is 11.6 Å². The van der Waals surface area contributed by atoms with Gasteiger partial charge >= 0.3 is 0 Å². The second-order valence-corrected chi connectivity index (χ2v) is 9.75. The first kappa shape index (κ1) is 21.8. The summed E-state index contributed by atoms with van der Waals surface area (Å²) in [5.41, 5.74) is 3.00. The highest BCUT2D eigenvalue weighted by Gasteiger charge is 2.29. The number of aryl methyl sites for hydroxylation is 2. The lowest BCUT2D eigenvalue weighted by atomic mass is 10.0. The molecule has 1 fully saturated rings. The molecule has 5 nitrogen and oxygen atoms in total. The first-order chi connectivity index (χ1) is 13.8. The molecule has 1 N–H and O–H groups in total. The van der Waals surface area contributed by atoms with Crippen LogP contribution in [0, 0.1) is 13.8 Å². The highest BCUT2D eigenvalue weighted by molar-refractivity contribution is 7.89. The molecule has 1 atom stereocenters. The maximum absolute atomic E-state index is 12.7. The molecule has 29 heavy (non-hydrogen) atoms. The van der Waals surface area contributed by atoms with E-state index in [1.54, 1.807) is 18.2 Å². The molecule has 1 aliphatic rings. The molecule has 1 aliphatic heterocycles. The van der Waals surface area contributed by atoms with Crippen LogP contribution in [0.15, 0.2) is 47.4 Å². The maximum atomic E-state index is 12.7. The van der Waals surface area contributed by atoms with Gasteiger partial charge in [-0.1, -0.05) is 35.9 Å². The molecule has 0 aliphatic carbocycles. The highest BCUT2D eigenvalue weighted by Crippen LogP contribution is 2.25. The third-order valence-corrected chi connectivity index (χ3v) is 7.36. The first-order valence-corrected chi connectivity index (χ1v) is 11.7. The SMILES string of the molecule is Cc1ccc(S(=O)(=O)NCCC(=O)N2CCCC2Cc2ccccc2Cl)cc1C. The Balaban J connectivity index is 1.57. The number of hydrogen-bond acceptors (Lipinski definition) is 3. The van der Waals surface area contributed by atoms with E-state index in [1.807, 2.05) is 43.0 Å². The fourth-order valence-corrected chi connectivity index (χ4v) is 5.02. The van der Waals surface area contributed by atoms with Crippen LogP contribution in [-0.2, 0) is 21.2 Å². The van der Waals surface area contributed by atoms with Gasteiger partial charge in [0, 0.05) is 30.6 Å². The Morgan fingerprint density at radius 3 is 2.66 bits per heavy atom. The van der Waals surface area contributed by atoms with Crippen molar-refractivity contribution in [1.82, 2.24) is 9.62 Å². The molecule has 0 spiro atoms. The minimum absolute atomic E-state index is 0.0256. The van der Waals surface area contributed by atoms with Gasteiger partial charge in [0.2, 0.25) is 15.9 Å². The number of likely N-dealkylation sites (tertiary alicyclic amines) is 1. The van der Waals surface area contributed by atoms with Crippen molar-refractivity contribution in [2.75, 3.05) is 13.1 Å². The van der Waals surface area contributed by atoms with Gasteiger partial charge in [-0.3, -0.25) is 4.79 Å². The fourth-order valence-electron chi connectivity index (χ4n) is 3.69. The van der Waals surface area contributed by atoms with Gasteiger partial charge in [0.15, 0.2) is 0 Å². The third-order valence-electron chi connectivity index (χ3n) is 5.53. The second-order valence-electron chi connectivity index (χ2n) is 7.57. The Hall–Kier alpha value is -1.89. The van der Waals surface area contributed by atoms with E-state index >= 15 is 0 Å². The molecule has 1 amide bonds. The molecular formula is C22H27ClN2O3S. The Morgan fingerprint density at radius 1 is 1.17 bits per heavy atom. The minimum Gasteiger partial charge on any atom is -0.339 e. The van der Waals surface area contributed by atoms with Gasteiger partial charge in [0.25, 0.3) is 0 Å². The van der Waals surface area contributed by atoms with E-state index in [-0.39, 0.29) is 29.8 Å². The third kappa shape index (κ3) is 5.38. The van der Waals surface area contributed by atoms with Crippen molar-refractivity contribution in [2.45, 2.75) is 50.5 Å². The van der Waals surface area contributed by atoms with E-state index in [0.717, 1.165) is 36.0 Å². The number of benzene rings is 2. The first-order valence-electron chi connectivity index (χ1n) is 9.88. The summed E-state index contributed by atoms with van der Waals surface area (Å²) in [6.07, 6.45) is 2.75. The molecule has 0 saturated carbocycles. The molecule has 1 unspecified atom stereocenters. The molecule has 2 aromatic carbocycles. The number of halogens is 1. The molecular weight excluding hydrogens is 408 g/mol. The Bertz CT molecular complexity index is 991. The fraction of sp³-hybridized carbons (Fsp3) is 0.409. The van der Waals surface area contributed by atoms with Crippen LogP contribution in [0.2, 0.25) is 5.02 Å². The molecule has 1 heterocycles. The maximum Gasteiger partial charge on any atom is 0.240 e. The van der Waals surface area contributed by atoms with Gasteiger partial charge in [-0.25, -0.2) is 13.1 Å². The summed E-state index contributed by atoms with van der Waals surface area (Å²) in [5.74, 6) is -0.0256. The molecule has 0 bridgehead atoms. The van der Waals surface area contributed by atoms with Crippen molar-refractivity contribution in [1.29, 1.82) is 0 Å². The molecule has 2 aromatic rings. The average molecular weight is 435 g/mol. The lowest BCUT2D eigenvalue weighted by molar-refractivity contribution is -0.131. The summed E-state index contributed by atoms with van der Waals surface area (Å²) < 4.78 is 27.5. The molecule has 0 radical (unpaired) electrons. The van der Waals surface area contributed by atoms with Crippen molar-refractivity contribution in [3.8, 4) is 0 Å². The molecule has 7 heteroatoms. The number of hydrogen-bond donors (Lipinski definition) is 1. The summed E-state index contributed by atoms with van der Waals surface area (Å²) in [6.45, 7) is 4.61. The number of carbonyl (C=O) groups is 1. The van der Waals surface area contributed by atoms with Crippen molar-refractivity contribution in [3.63, 3.8) is 0 Å². The predicted octanol–water partition coefficient (Wildman–Crippen LogP) is 3.86. The summed E-state index contributed by atoms with van der Waals surface area (Å²) in [6, 6.07) is 12.8. The number of carbonyl (C=O) groups excluding carboxylic acids is 1. The smallest absolute Gasteiger partial charge is 0.240 e. The van der Waals surface area contributed by atoms with E-state index in [1.165, 1.54) is 0 Å². The second kappa shape index (κ2) is 9.28. The van der Waals surface area contributed by atoms with Crippen LogP contribution in [0.1, 0.15) is 36.0 Å². The lowest BCUT2D eigenvalue weighted by Gasteiger charge is -2.25. The van der Waals surface area contributed by atoms with Crippen molar-refractivity contribution in [3.05, 3.63) is 64.2 Å². The van der Waals surface area contributed by atoms with Crippen molar-refractivity contribution < 1.29 is 13.2 Å². The van der Waals surface area contributed by atoms with Crippen LogP contribution in [0.4, 0.5) is 0 Å². The molecule has 1 saturated heterocycles. The van der Waals surface area contributed by atoms with Crippen LogP contribution in [0.5, 0.6) is 0 Å². The normalized spacial score (nSPS) is 16.9. The number of sulfonamides is 1. The van der Waals surface area contributed by atoms with Crippen LogP contribution in [0.3, 0.4) is 0 Å². The zero-order valence-corrected chi connectivity index (χ0v) is 18.4. The molecule has 156 valence electrons. The summed E-state index contributed by atoms with van der Waals surface area (Å²) in [5, 5.41) is 0.716. The van der Waals surface area contributed by atoms with Crippen LogP contribution in [0.25, 0.3) is 0 Å². The topological polar surface area (TPSA) is 66.5 Å². The van der Waals surface area contributed by atoms with E-state index < -0.39 is 10.0 Å². The van der Waals surface area contributed by atoms with Gasteiger partial charge < -0.3 is 4.90 Å². The highest BCUT2D eigenvalue weighted by atomic mass is 35.5. The monoisotopic (exact) mass is 434 g/mol. The largest absolute Gasteiger partial charge is 0.339 e. The van der Waals surface area contributed by atoms with E-state index in [0.29, 0.717) is 11.6 Å². The van der Waals surface area contributed by atoms with Gasteiger partial charge in [0.05, 0.1) is 4.90 Å². The minimum atomic E-state index is -3.62. The standard InChI is InChI=1S/C22H27ClN2O3S/c1-16-9-10-20(14-17(16)2)29(27,28)24-12-11-22(26)25-13-5-7-19(25)15-18-6-3-4-8-21(18)23/h3-4,6,8-10,14,19,24H,5,7,11-13,15H2,1-2H3. The number of amides is 1. The lowest BCUT2D eigenvalue weighted by Crippen LogP contribution is -2.38. The Labute approximate surface area is 178 Å². The number of rotatable bonds is 7. The van der Waals surface area contributed by atoms with Gasteiger partial charge in [0.1, 0.15) is 0 Å². The Kier molecular flexibility index (Phi) is 6.98. The van der Waals surface area contributed by atoms with Gasteiger partial charge in [-0.05, 0) is 68.0 Å².